The van der Waals surface area contributed by atoms with Gasteiger partial charge in [0.05, 0.1) is 24.2 Å². The molecule has 1 aromatic rings. The molecule has 18 heavy (non-hydrogen) atoms. The van der Waals surface area contributed by atoms with E-state index in [4.69, 9.17) is 9.84 Å². The lowest BCUT2D eigenvalue weighted by molar-refractivity contribution is -0.137. The van der Waals surface area contributed by atoms with Gasteiger partial charge in [-0.15, -0.1) is 0 Å². The highest BCUT2D eigenvalue weighted by Crippen LogP contribution is 2.10. The van der Waals surface area contributed by atoms with Crippen LogP contribution in [0.25, 0.3) is 0 Å². The third kappa shape index (κ3) is 4.82. The first-order valence-electron chi connectivity index (χ1n) is 5.65. The first-order chi connectivity index (χ1) is 8.63. The molecule has 0 aromatic carbocycles. The van der Waals surface area contributed by atoms with Gasteiger partial charge in [0, 0.05) is 13.5 Å². The van der Waals surface area contributed by atoms with Crippen molar-refractivity contribution in [1.29, 1.82) is 0 Å². The van der Waals surface area contributed by atoms with Crippen LogP contribution < -0.4 is 10.2 Å². The van der Waals surface area contributed by atoms with Crippen molar-refractivity contribution in [2.45, 2.75) is 19.8 Å². The van der Waals surface area contributed by atoms with Crippen LogP contribution in [0, 0.1) is 0 Å². The lowest BCUT2D eigenvalue weighted by atomic mass is 10.2. The Balaban J connectivity index is 2.45. The molecule has 1 aromatic heterocycles. The van der Waals surface area contributed by atoms with E-state index in [-0.39, 0.29) is 6.42 Å². The zero-order valence-corrected chi connectivity index (χ0v) is 10.5. The molecule has 0 atom stereocenters. The minimum absolute atomic E-state index is 0.111. The van der Waals surface area contributed by atoms with Gasteiger partial charge in [-0.2, -0.15) is 5.10 Å². The van der Waals surface area contributed by atoms with Crippen LogP contribution in [0.1, 0.15) is 25.5 Å². The number of rotatable bonds is 7. The van der Waals surface area contributed by atoms with E-state index in [9.17, 15) is 4.79 Å². The average molecular weight is 251 g/mol. The van der Waals surface area contributed by atoms with E-state index in [1.165, 1.54) is 0 Å². The number of carbonyl (C=O) groups is 1. The second-order valence-electron chi connectivity index (χ2n) is 3.65. The second kappa shape index (κ2) is 7.26. The normalized spacial score (nSPS) is 11.1. The van der Waals surface area contributed by atoms with Gasteiger partial charge in [-0.3, -0.25) is 9.78 Å². The number of aromatic nitrogens is 1. The molecule has 0 saturated carbocycles. The van der Waals surface area contributed by atoms with Crippen LogP contribution in [0.5, 0.6) is 5.75 Å². The lowest BCUT2D eigenvalue weighted by Gasteiger charge is -2.05. The van der Waals surface area contributed by atoms with Crippen molar-refractivity contribution < 1.29 is 14.6 Å². The van der Waals surface area contributed by atoms with Crippen molar-refractivity contribution in [1.82, 2.24) is 10.4 Å². The molecule has 6 heteroatoms. The Labute approximate surface area is 106 Å². The molecular formula is C12H17N3O3. The number of hydrogen-bond acceptors (Lipinski definition) is 5. The number of pyridine rings is 1. The molecule has 0 bridgehead atoms. The van der Waals surface area contributed by atoms with Gasteiger partial charge in [-0.05, 0) is 25.5 Å². The molecule has 0 aliphatic carbocycles. The zero-order chi connectivity index (χ0) is 13.4. The molecule has 1 rings (SSSR count). The van der Waals surface area contributed by atoms with Crippen molar-refractivity contribution >= 4 is 11.7 Å². The Kier molecular flexibility index (Phi) is 5.63. The van der Waals surface area contributed by atoms with Gasteiger partial charge in [0.2, 0.25) is 0 Å². The highest BCUT2D eigenvalue weighted by Gasteiger charge is 2.01. The standard InChI is InChI=1S/C12H17N3O3/c1-9(15-13-2)11-6-5-10(8-14-11)18-7-3-4-12(16)17/h5-6,8,13H,3-4,7H2,1-2H3,(H,16,17)/b15-9+. The Morgan fingerprint density at radius 1 is 1.56 bits per heavy atom. The molecule has 6 nitrogen and oxygen atoms in total. The van der Waals surface area contributed by atoms with Crippen LogP contribution in [-0.4, -0.2) is 35.4 Å². The first kappa shape index (κ1) is 14.0. The molecule has 0 radical (unpaired) electrons. The van der Waals surface area contributed by atoms with Gasteiger partial charge in [0.15, 0.2) is 0 Å². The molecular weight excluding hydrogens is 234 g/mol. The summed E-state index contributed by atoms with van der Waals surface area (Å²) >= 11 is 0. The predicted molar refractivity (Wildman–Crippen MR) is 67.9 cm³/mol. The summed E-state index contributed by atoms with van der Waals surface area (Å²) in [4.78, 5) is 14.5. The van der Waals surface area contributed by atoms with Crippen LogP contribution in [0.4, 0.5) is 0 Å². The largest absolute Gasteiger partial charge is 0.492 e. The van der Waals surface area contributed by atoms with Gasteiger partial charge < -0.3 is 15.3 Å². The van der Waals surface area contributed by atoms with Crippen molar-refractivity contribution in [3.05, 3.63) is 24.0 Å². The summed E-state index contributed by atoms with van der Waals surface area (Å²) in [6.45, 7) is 2.23. The molecule has 0 amide bonds. The maximum Gasteiger partial charge on any atom is 0.303 e. The predicted octanol–water partition coefficient (Wildman–Crippen LogP) is 1.27. The lowest BCUT2D eigenvalue weighted by Crippen LogP contribution is -2.06. The fourth-order valence-electron chi connectivity index (χ4n) is 1.32. The molecule has 0 aliphatic heterocycles. The van der Waals surface area contributed by atoms with Gasteiger partial charge in [-0.25, -0.2) is 0 Å². The fraction of sp³-hybridized carbons (Fsp3) is 0.417. The molecule has 2 N–H and O–H groups in total. The molecule has 0 saturated heterocycles. The van der Waals surface area contributed by atoms with Crippen molar-refractivity contribution in [3.63, 3.8) is 0 Å². The van der Waals surface area contributed by atoms with Crippen molar-refractivity contribution in [2.75, 3.05) is 13.7 Å². The monoisotopic (exact) mass is 251 g/mol. The van der Waals surface area contributed by atoms with E-state index in [0.717, 1.165) is 11.4 Å². The number of carboxylic acid groups (broad SMARTS) is 1. The molecule has 98 valence electrons. The van der Waals surface area contributed by atoms with Crippen LogP contribution in [0.3, 0.4) is 0 Å². The van der Waals surface area contributed by atoms with E-state index in [0.29, 0.717) is 18.8 Å². The summed E-state index contributed by atoms with van der Waals surface area (Å²) in [5.74, 6) is -0.188. The van der Waals surface area contributed by atoms with Crippen LogP contribution in [-0.2, 0) is 4.79 Å². The summed E-state index contributed by atoms with van der Waals surface area (Å²) < 4.78 is 5.37. The molecule has 0 aliphatic rings. The molecule has 0 fully saturated rings. The maximum absolute atomic E-state index is 10.3. The Morgan fingerprint density at radius 2 is 2.33 bits per heavy atom. The summed E-state index contributed by atoms with van der Waals surface area (Å²) in [5, 5.41) is 12.5. The van der Waals surface area contributed by atoms with Crippen molar-refractivity contribution in [2.24, 2.45) is 5.10 Å². The number of aliphatic carboxylic acids is 1. The summed E-state index contributed by atoms with van der Waals surface area (Å²) in [7, 11) is 1.73. The molecule has 0 unspecified atom stereocenters. The highest BCUT2D eigenvalue weighted by molar-refractivity contribution is 5.96. The first-order valence-corrected chi connectivity index (χ1v) is 5.65. The van der Waals surface area contributed by atoms with Crippen LogP contribution >= 0.6 is 0 Å². The second-order valence-corrected chi connectivity index (χ2v) is 3.65. The SMILES string of the molecule is CN/N=C(\C)c1ccc(OCCCC(=O)O)cn1. The maximum atomic E-state index is 10.3. The third-order valence-corrected chi connectivity index (χ3v) is 2.19. The van der Waals surface area contributed by atoms with Gasteiger partial charge in [0.1, 0.15) is 5.75 Å². The quantitative estimate of drug-likeness (QED) is 0.433. The molecule has 1 heterocycles. The van der Waals surface area contributed by atoms with Crippen LogP contribution in [0.2, 0.25) is 0 Å². The summed E-state index contributed by atoms with van der Waals surface area (Å²) in [5.41, 5.74) is 4.25. The number of carboxylic acids is 1. The summed E-state index contributed by atoms with van der Waals surface area (Å²) in [6.07, 6.45) is 2.20. The Morgan fingerprint density at radius 3 is 2.89 bits per heavy atom. The van der Waals surface area contributed by atoms with E-state index in [1.54, 1.807) is 19.3 Å². The Hall–Kier alpha value is -2.11. The number of hydrogen-bond donors (Lipinski definition) is 2. The van der Waals surface area contributed by atoms with Gasteiger partial charge in [0.25, 0.3) is 0 Å². The zero-order valence-electron chi connectivity index (χ0n) is 10.5. The smallest absolute Gasteiger partial charge is 0.303 e. The number of hydrazone groups is 1. The van der Waals surface area contributed by atoms with Crippen molar-refractivity contribution in [3.8, 4) is 5.75 Å². The van der Waals surface area contributed by atoms with Gasteiger partial charge in [-0.1, -0.05) is 0 Å². The third-order valence-electron chi connectivity index (χ3n) is 2.19. The fourth-order valence-corrected chi connectivity index (χ4v) is 1.32. The van der Waals surface area contributed by atoms with E-state index in [2.05, 4.69) is 15.5 Å². The number of nitrogens with zero attached hydrogens (tertiary/aromatic N) is 2. The minimum Gasteiger partial charge on any atom is -0.492 e. The Bertz CT molecular complexity index is 415. The molecule has 0 spiro atoms. The number of ether oxygens (including phenoxy) is 1. The number of nitrogens with one attached hydrogen (secondary N) is 1. The topological polar surface area (TPSA) is 83.8 Å². The van der Waals surface area contributed by atoms with Gasteiger partial charge >= 0.3 is 5.97 Å². The summed E-state index contributed by atoms with van der Waals surface area (Å²) in [6, 6.07) is 3.60. The van der Waals surface area contributed by atoms with Crippen LogP contribution in [0.15, 0.2) is 23.4 Å². The van der Waals surface area contributed by atoms with E-state index >= 15 is 0 Å². The highest BCUT2D eigenvalue weighted by atomic mass is 16.5. The van der Waals surface area contributed by atoms with E-state index < -0.39 is 5.97 Å². The minimum atomic E-state index is -0.814. The average Bonchev–Trinajstić information content (AvgIpc) is 2.35. The van der Waals surface area contributed by atoms with E-state index in [1.807, 2.05) is 13.0 Å².